The molecule has 3 rings (SSSR count). The maximum atomic E-state index is 12.7. The number of carbonyl (C=O) groups is 1. The average molecular weight is 394 g/mol. The summed E-state index contributed by atoms with van der Waals surface area (Å²) in [5.41, 5.74) is -0.0264. The molecule has 0 spiro atoms. The van der Waals surface area contributed by atoms with Crippen LogP contribution in [0.25, 0.3) is 10.2 Å². The van der Waals surface area contributed by atoms with Crippen molar-refractivity contribution in [2.45, 2.75) is 13.1 Å². The number of nitrogens with one attached hydrogen (secondary N) is 1. The number of aromatic nitrogens is 2. The van der Waals surface area contributed by atoms with Gasteiger partial charge in [-0.3, -0.25) is 18.7 Å². The van der Waals surface area contributed by atoms with Crippen LogP contribution in [-0.2, 0) is 22.6 Å². The van der Waals surface area contributed by atoms with E-state index in [1.165, 1.54) is 23.0 Å². The average Bonchev–Trinajstić information content (AvgIpc) is 3.10. The number of ether oxygens (including phenoxy) is 1. The Morgan fingerprint density at radius 3 is 2.73 bits per heavy atom. The van der Waals surface area contributed by atoms with Gasteiger partial charge in [0.1, 0.15) is 11.2 Å². The molecule has 1 N–H and O–H groups in total. The van der Waals surface area contributed by atoms with Crippen molar-refractivity contribution in [3.05, 3.63) is 61.6 Å². The lowest BCUT2D eigenvalue weighted by Gasteiger charge is -2.12. The van der Waals surface area contributed by atoms with Crippen LogP contribution in [0.15, 0.2) is 45.3 Å². The molecule has 1 amide bonds. The Bertz CT molecular complexity index is 1070. The van der Waals surface area contributed by atoms with Gasteiger partial charge in [-0.2, -0.15) is 0 Å². The van der Waals surface area contributed by atoms with Crippen LogP contribution in [0.3, 0.4) is 0 Å². The van der Waals surface area contributed by atoms with E-state index in [1.54, 1.807) is 35.7 Å². The molecule has 2 aromatic heterocycles. The highest BCUT2D eigenvalue weighted by molar-refractivity contribution is 7.17. The predicted octanol–water partition coefficient (Wildman–Crippen LogP) is 2.16. The molecule has 3 aromatic rings. The van der Waals surface area contributed by atoms with Crippen molar-refractivity contribution in [3.8, 4) is 0 Å². The van der Waals surface area contributed by atoms with E-state index in [-0.39, 0.29) is 25.3 Å². The summed E-state index contributed by atoms with van der Waals surface area (Å²) >= 11 is 7.27. The number of hydrogen-bond acceptors (Lipinski definition) is 5. The van der Waals surface area contributed by atoms with Gasteiger partial charge in [-0.05, 0) is 23.6 Å². The molecule has 0 saturated heterocycles. The van der Waals surface area contributed by atoms with Gasteiger partial charge in [-0.25, -0.2) is 4.79 Å². The zero-order valence-electron chi connectivity index (χ0n) is 13.9. The molecule has 0 bridgehead atoms. The fourth-order valence-corrected chi connectivity index (χ4v) is 3.59. The van der Waals surface area contributed by atoms with E-state index in [0.29, 0.717) is 20.9 Å². The van der Waals surface area contributed by atoms with Crippen LogP contribution in [0.4, 0.5) is 5.69 Å². The molecule has 0 radical (unpaired) electrons. The number of anilines is 1. The van der Waals surface area contributed by atoms with Crippen molar-refractivity contribution in [1.29, 1.82) is 0 Å². The van der Waals surface area contributed by atoms with Crippen molar-refractivity contribution >= 4 is 44.7 Å². The first-order chi connectivity index (χ1) is 12.5. The molecule has 0 saturated carbocycles. The predicted molar refractivity (Wildman–Crippen MR) is 102 cm³/mol. The lowest BCUT2D eigenvalue weighted by atomic mass is 10.3. The third-order valence-electron chi connectivity index (χ3n) is 3.81. The second-order valence-electron chi connectivity index (χ2n) is 5.48. The molecule has 136 valence electrons. The zero-order valence-corrected chi connectivity index (χ0v) is 15.5. The first kappa shape index (κ1) is 18.4. The Balaban J connectivity index is 1.98. The monoisotopic (exact) mass is 393 g/mol. The molecule has 26 heavy (non-hydrogen) atoms. The SMILES string of the molecule is COCCn1c(=O)c2sccc2n(CC(=O)Nc2ccccc2Cl)c1=O. The molecule has 9 heteroatoms. The summed E-state index contributed by atoms with van der Waals surface area (Å²) < 4.78 is 7.76. The van der Waals surface area contributed by atoms with Gasteiger partial charge in [0, 0.05) is 7.11 Å². The van der Waals surface area contributed by atoms with Crippen LogP contribution in [0, 0.1) is 0 Å². The highest BCUT2D eigenvalue weighted by Gasteiger charge is 2.16. The topological polar surface area (TPSA) is 82.3 Å². The molecule has 2 heterocycles. The number of halogens is 1. The van der Waals surface area contributed by atoms with Crippen molar-refractivity contribution in [2.75, 3.05) is 19.0 Å². The van der Waals surface area contributed by atoms with Gasteiger partial charge in [0.05, 0.1) is 29.4 Å². The van der Waals surface area contributed by atoms with Crippen LogP contribution in [0.5, 0.6) is 0 Å². The lowest BCUT2D eigenvalue weighted by molar-refractivity contribution is -0.116. The molecule has 0 atom stereocenters. The molecule has 1 aromatic carbocycles. The number of hydrogen-bond donors (Lipinski definition) is 1. The normalized spacial score (nSPS) is 11.0. The van der Waals surface area contributed by atoms with Gasteiger partial charge in [-0.15, -0.1) is 11.3 Å². The van der Waals surface area contributed by atoms with Crippen molar-refractivity contribution < 1.29 is 9.53 Å². The fraction of sp³-hybridized carbons (Fsp3) is 0.235. The Morgan fingerprint density at radius 1 is 1.23 bits per heavy atom. The number of thiophene rings is 1. The number of rotatable bonds is 6. The molecular formula is C17H16ClN3O4S. The quantitative estimate of drug-likeness (QED) is 0.695. The first-order valence-electron chi connectivity index (χ1n) is 7.77. The maximum Gasteiger partial charge on any atom is 0.332 e. The number of para-hydroxylation sites is 1. The van der Waals surface area contributed by atoms with E-state index in [2.05, 4.69) is 5.32 Å². The minimum Gasteiger partial charge on any atom is -0.383 e. The summed E-state index contributed by atoms with van der Waals surface area (Å²) in [7, 11) is 1.49. The van der Waals surface area contributed by atoms with Crippen LogP contribution in [0.2, 0.25) is 5.02 Å². The summed E-state index contributed by atoms with van der Waals surface area (Å²) in [5.74, 6) is -0.412. The summed E-state index contributed by atoms with van der Waals surface area (Å²) in [4.78, 5) is 37.6. The van der Waals surface area contributed by atoms with E-state index < -0.39 is 11.6 Å². The van der Waals surface area contributed by atoms with Crippen molar-refractivity contribution in [1.82, 2.24) is 9.13 Å². The van der Waals surface area contributed by atoms with E-state index in [0.717, 1.165) is 4.57 Å². The number of amides is 1. The van der Waals surface area contributed by atoms with Gasteiger partial charge in [-0.1, -0.05) is 23.7 Å². The van der Waals surface area contributed by atoms with Gasteiger partial charge >= 0.3 is 5.69 Å². The molecule has 0 fully saturated rings. The largest absolute Gasteiger partial charge is 0.383 e. The second-order valence-corrected chi connectivity index (χ2v) is 6.80. The van der Waals surface area contributed by atoms with Crippen LogP contribution >= 0.6 is 22.9 Å². The molecule has 0 aliphatic rings. The number of methoxy groups -OCH3 is 1. The highest BCUT2D eigenvalue weighted by atomic mass is 35.5. The molecule has 7 nitrogen and oxygen atoms in total. The van der Waals surface area contributed by atoms with Gasteiger partial charge < -0.3 is 10.1 Å². The molecule has 0 unspecified atom stereocenters. The molecule has 0 aliphatic carbocycles. The number of benzene rings is 1. The van der Waals surface area contributed by atoms with Crippen LogP contribution in [0.1, 0.15) is 0 Å². The third-order valence-corrected chi connectivity index (χ3v) is 5.03. The summed E-state index contributed by atoms with van der Waals surface area (Å²) in [6.45, 7) is 0.108. The van der Waals surface area contributed by atoms with Crippen molar-refractivity contribution in [2.24, 2.45) is 0 Å². The highest BCUT2D eigenvalue weighted by Crippen LogP contribution is 2.20. The maximum absolute atomic E-state index is 12.7. The zero-order chi connectivity index (χ0) is 18.7. The molecule has 0 aliphatic heterocycles. The first-order valence-corrected chi connectivity index (χ1v) is 9.03. The molecular weight excluding hydrogens is 378 g/mol. The lowest BCUT2D eigenvalue weighted by Crippen LogP contribution is -2.42. The van der Waals surface area contributed by atoms with Crippen molar-refractivity contribution in [3.63, 3.8) is 0 Å². The third kappa shape index (κ3) is 3.57. The minimum atomic E-state index is -0.549. The minimum absolute atomic E-state index is 0.119. The van der Waals surface area contributed by atoms with Crippen LogP contribution in [-0.4, -0.2) is 28.8 Å². The van der Waals surface area contributed by atoms with E-state index in [9.17, 15) is 14.4 Å². The number of fused-ring (bicyclic) bond motifs is 1. The smallest absolute Gasteiger partial charge is 0.332 e. The van der Waals surface area contributed by atoms with E-state index in [1.807, 2.05) is 0 Å². The van der Waals surface area contributed by atoms with E-state index in [4.69, 9.17) is 16.3 Å². The Morgan fingerprint density at radius 2 is 2.00 bits per heavy atom. The Hall–Kier alpha value is -2.42. The van der Waals surface area contributed by atoms with E-state index >= 15 is 0 Å². The number of nitrogens with zero attached hydrogens (tertiary/aromatic N) is 2. The fourth-order valence-electron chi connectivity index (χ4n) is 2.56. The number of carbonyl (C=O) groups excluding carboxylic acids is 1. The Labute approximate surface area is 157 Å². The van der Waals surface area contributed by atoms with Gasteiger partial charge in [0.25, 0.3) is 5.56 Å². The Kier molecular flexibility index (Phi) is 5.55. The van der Waals surface area contributed by atoms with Gasteiger partial charge in [0.15, 0.2) is 0 Å². The summed E-state index contributed by atoms with van der Waals surface area (Å²) in [5, 5.41) is 4.80. The van der Waals surface area contributed by atoms with Gasteiger partial charge in [0.2, 0.25) is 5.91 Å². The summed E-state index contributed by atoms with van der Waals surface area (Å²) in [6.07, 6.45) is 0. The summed E-state index contributed by atoms with van der Waals surface area (Å²) in [6, 6.07) is 8.49. The second kappa shape index (κ2) is 7.86. The standard InChI is InChI=1S/C17H16ClN3O4S/c1-25-8-7-20-16(23)15-13(6-9-26-15)21(17(20)24)10-14(22)19-12-5-3-2-4-11(12)18/h2-6,9H,7-8,10H2,1H3,(H,19,22). The van der Waals surface area contributed by atoms with Crippen LogP contribution < -0.4 is 16.6 Å².